The van der Waals surface area contributed by atoms with Gasteiger partial charge in [0.15, 0.2) is 0 Å². The van der Waals surface area contributed by atoms with Gasteiger partial charge in [-0.2, -0.15) is 21.0 Å². The van der Waals surface area contributed by atoms with Crippen molar-refractivity contribution in [1.29, 1.82) is 0 Å². The first-order valence-electron chi connectivity index (χ1n) is 5.51. The van der Waals surface area contributed by atoms with Crippen LogP contribution in [0.25, 0.3) is 0 Å². The lowest BCUT2D eigenvalue weighted by molar-refractivity contribution is 0.182. The third-order valence-corrected chi connectivity index (χ3v) is 2.83. The lowest BCUT2D eigenvalue weighted by Crippen LogP contribution is -2.46. The minimum Gasteiger partial charge on any atom is -0.497 e. The lowest BCUT2D eigenvalue weighted by atomic mass is 10.1. The van der Waals surface area contributed by atoms with Crippen LogP contribution < -0.4 is 4.74 Å². The van der Waals surface area contributed by atoms with Gasteiger partial charge in [0, 0.05) is 24.9 Å². The van der Waals surface area contributed by atoms with E-state index in [0.717, 1.165) is 25.4 Å². The van der Waals surface area contributed by atoms with Gasteiger partial charge in [-0.15, -0.1) is 0 Å². The molecule has 0 bridgehead atoms. The largest absolute Gasteiger partial charge is 0.497 e. The Kier molecular flexibility index (Phi) is 6.08. The second kappa shape index (κ2) is 7.11. The van der Waals surface area contributed by atoms with Crippen LogP contribution in [0.5, 0.6) is 5.75 Å². The Hall–Kier alpha value is -0.800. The maximum atomic E-state index is 8.74. The zero-order chi connectivity index (χ0) is 14.5. The van der Waals surface area contributed by atoms with E-state index in [9.17, 15) is 0 Å². The zero-order valence-corrected chi connectivity index (χ0v) is 12.1. The number of methoxy groups -OCH3 is 1. The predicted octanol–water partition coefficient (Wildman–Crippen LogP) is 1.16. The molecule has 2 N–H and O–H groups in total. The lowest BCUT2D eigenvalue weighted by Gasteiger charge is -2.36. The van der Waals surface area contributed by atoms with E-state index < -0.39 is 10.4 Å². The highest BCUT2D eigenvalue weighted by Gasteiger charge is 2.22. The quantitative estimate of drug-likeness (QED) is 0.574. The number of thiol groups is 1. The summed E-state index contributed by atoms with van der Waals surface area (Å²) in [6.07, 6.45) is 0. The summed E-state index contributed by atoms with van der Waals surface area (Å²) >= 11 is 4.38. The Balaban J connectivity index is 0.000000312. The Labute approximate surface area is 118 Å². The molecule has 1 heterocycles. The molecule has 8 heteroatoms. The van der Waals surface area contributed by atoms with Gasteiger partial charge in [0.25, 0.3) is 0 Å². The Bertz CT molecular complexity index is 474. The van der Waals surface area contributed by atoms with Crippen LogP contribution in [0.4, 0.5) is 0 Å². The predicted molar refractivity (Wildman–Crippen MR) is 75.2 cm³/mol. The van der Waals surface area contributed by atoms with E-state index in [1.165, 1.54) is 5.56 Å². The molecule has 0 spiro atoms. The van der Waals surface area contributed by atoms with Crippen LogP contribution in [0.2, 0.25) is 0 Å². The van der Waals surface area contributed by atoms with Gasteiger partial charge in [0.05, 0.1) is 7.11 Å². The van der Waals surface area contributed by atoms with Crippen LogP contribution >= 0.6 is 12.6 Å². The first-order chi connectivity index (χ1) is 8.78. The van der Waals surface area contributed by atoms with Gasteiger partial charge in [-0.25, -0.2) is 0 Å². The fraction of sp³-hybridized carbons (Fsp3) is 0.455. The second-order valence-corrected chi connectivity index (χ2v) is 5.77. The third-order valence-electron chi connectivity index (χ3n) is 2.50. The number of nitrogens with zero attached hydrogens (tertiary/aromatic N) is 1. The van der Waals surface area contributed by atoms with Crippen molar-refractivity contribution in [3.63, 3.8) is 0 Å². The van der Waals surface area contributed by atoms with Crippen LogP contribution in [0.3, 0.4) is 0 Å². The molecule has 0 amide bonds. The van der Waals surface area contributed by atoms with Crippen LogP contribution in [-0.4, -0.2) is 47.9 Å². The Morgan fingerprint density at radius 1 is 1.32 bits per heavy atom. The van der Waals surface area contributed by atoms with E-state index in [-0.39, 0.29) is 0 Å². The zero-order valence-electron chi connectivity index (χ0n) is 10.4. The first-order valence-corrected chi connectivity index (χ1v) is 7.42. The Morgan fingerprint density at radius 3 is 2.16 bits per heavy atom. The summed E-state index contributed by atoms with van der Waals surface area (Å²) < 4.78 is 36.7. The maximum absolute atomic E-state index is 8.74. The molecule has 1 saturated heterocycles. The van der Waals surface area contributed by atoms with Crippen molar-refractivity contribution in [1.82, 2.24) is 4.90 Å². The fourth-order valence-corrected chi connectivity index (χ4v) is 2.12. The van der Waals surface area contributed by atoms with Gasteiger partial charge in [0.1, 0.15) is 5.75 Å². The van der Waals surface area contributed by atoms with E-state index in [2.05, 4.69) is 29.7 Å². The van der Waals surface area contributed by atoms with Crippen molar-refractivity contribution in [2.24, 2.45) is 0 Å². The molecule has 6 nitrogen and oxygen atoms in total. The first kappa shape index (κ1) is 16.3. The van der Waals surface area contributed by atoms with E-state index in [0.29, 0.717) is 5.25 Å². The highest BCUT2D eigenvalue weighted by molar-refractivity contribution is 7.81. The van der Waals surface area contributed by atoms with Gasteiger partial charge in [0.2, 0.25) is 0 Å². The molecular weight excluding hydrogens is 290 g/mol. The summed E-state index contributed by atoms with van der Waals surface area (Å²) in [4.78, 5) is 2.39. The van der Waals surface area contributed by atoms with E-state index >= 15 is 0 Å². The molecule has 1 aromatic rings. The molecule has 1 fully saturated rings. The van der Waals surface area contributed by atoms with Gasteiger partial charge < -0.3 is 4.74 Å². The van der Waals surface area contributed by atoms with Crippen molar-refractivity contribution < 1.29 is 22.3 Å². The third kappa shape index (κ3) is 7.38. The molecule has 0 unspecified atom stereocenters. The number of hydrogen-bond acceptors (Lipinski definition) is 5. The molecule has 2 rings (SSSR count). The summed E-state index contributed by atoms with van der Waals surface area (Å²) in [5.41, 5.74) is 1.34. The number of benzene rings is 1. The summed E-state index contributed by atoms with van der Waals surface area (Å²) in [5, 5.41) is 0.577. The molecule has 108 valence electrons. The average Bonchev–Trinajstić information content (AvgIpc) is 2.26. The number of rotatable bonds is 3. The average molecular weight is 307 g/mol. The van der Waals surface area contributed by atoms with Crippen LogP contribution in [-0.2, 0) is 16.9 Å². The molecule has 19 heavy (non-hydrogen) atoms. The normalized spacial score (nSPS) is 16.2. The topological polar surface area (TPSA) is 87.1 Å². The van der Waals surface area contributed by atoms with E-state index in [4.69, 9.17) is 22.3 Å². The SMILES string of the molecule is COc1ccc(CN2CC(S)C2)cc1.O=S(=O)(O)O. The summed E-state index contributed by atoms with van der Waals surface area (Å²) in [5.74, 6) is 0.921. The number of hydrogen-bond donors (Lipinski definition) is 3. The molecule has 0 aliphatic carbocycles. The van der Waals surface area contributed by atoms with Crippen molar-refractivity contribution in [2.75, 3.05) is 20.2 Å². The van der Waals surface area contributed by atoms with Gasteiger partial charge in [-0.1, -0.05) is 12.1 Å². The Morgan fingerprint density at radius 2 is 1.79 bits per heavy atom. The smallest absolute Gasteiger partial charge is 0.394 e. The standard InChI is InChI=1S/C11H15NOS.H2O4S/c1-13-10-4-2-9(3-5-10)6-12-7-11(14)8-12;1-5(2,3)4/h2-5,11,14H,6-8H2,1H3;(H2,1,2,3,4). The van der Waals surface area contributed by atoms with Crippen LogP contribution in [0.15, 0.2) is 24.3 Å². The van der Waals surface area contributed by atoms with Crippen LogP contribution in [0, 0.1) is 0 Å². The van der Waals surface area contributed by atoms with E-state index in [1.54, 1.807) is 7.11 Å². The van der Waals surface area contributed by atoms with Crippen molar-refractivity contribution in [3.05, 3.63) is 29.8 Å². The monoisotopic (exact) mass is 307 g/mol. The van der Waals surface area contributed by atoms with Crippen LogP contribution in [0.1, 0.15) is 5.56 Å². The maximum Gasteiger partial charge on any atom is 0.394 e. The molecule has 0 saturated carbocycles. The molecule has 0 radical (unpaired) electrons. The second-order valence-electron chi connectivity index (χ2n) is 4.14. The molecular formula is C11H17NO5S2. The molecule has 1 aliphatic heterocycles. The highest BCUT2D eigenvalue weighted by Crippen LogP contribution is 2.18. The molecule has 1 aliphatic rings. The highest BCUT2D eigenvalue weighted by atomic mass is 32.3. The number of ether oxygens (including phenoxy) is 1. The van der Waals surface area contributed by atoms with Gasteiger partial charge in [-0.05, 0) is 17.7 Å². The van der Waals surface area contributed by atoms with Gasteiger partial charge in [-0.3, -0.25) is 14.0 Å². The summed E-state index contributed by atoms with van der Waals surface area (Å²) in [7, 11) is -2.98. The molecule has 0 atom stereocenters. The van der Waals surface area contributed by atoms with E-state index in [1.807, 2.05) is 12.1 Å². The number of likely N-dealkylation sites (tertiary alicyclic amines) is 1. The van der Waals surface area contributed by atoms with Gasteiger partial charge >= 0.3 is 10.4 Å². The summed E-state index contributed by atoms with van der Waals surface area (Å²) in [6.45, 7) is 3.24. The molecule has 0 aromatic heterocycles. The molecule has 1 aromatic carbocycles. The fourth-order valence-electron chi connectivity index (χ4n) is 1.66. The van der Waals surface area contributed by atoms with Crippen molar-refractivity contribution >= 4 is 23.0 Å². The van der Waals surface area contributed by atoms with Crippen molar-refractivity contribution in [3.8, 4) is 5.75 Å². The summed E-state index contributed by atoms with van der Waals surface area (Å²) in [6, 6.07) is 8.25. The minimum absolute atomic E-state index is 0.577. The minimum atomic E-state index is -4.67. The van der Waals surface area contributed by atoms with Crippen molar-refractivity contribution in [2.45, 2.75) is 11.8 Å².